The smallest absolute Gasteiger partial charge is 0.326 e. The maximum atomic E-state index is 11.8. The quantitative estimate of drug-likeness (QED) is 0.719. The van der Waals surface area contributed by atoms with Gasteiger partial charge in [0.25, 0.3) is 5.91 Å². The van der Waals surface area contributed by atoms with E-state index in [9.17, 15) is 14.4 Å². The van der Waals surface area contributed by atoms with Crippen LogP contribution in [-0.2, 0) is 9.59 Å². The molecule has 0 saturated carbocycles. The summed E-state index contributed by atoms with van der Waals surface area (Å²) in [6.45, 7) is 1.75. The normalized spacial score (nSPS) is 11.8. The first kappa shape index (κ1) is 14.2. The SMILES string of the molecule is Cc1cscc1C(=O)N[C@@H](CCC(=O)O)C(=O)O. The zero-order chi connectivity index (χ0) is 13.7. The number of aryl methyl sites for hydroxylation is 1. The lowest BCUT2D eigenvalue weighted by atomic mass is 10.1. The molecule has 1 atom stereocenters. The molecule has 0 aromatic carbocycles. The summed E-state index contributed by atoms with van der Waals surface area (Å²) < 4.78 is 0. The van der Waals surface area contributed by atoms with Gasteiger partial charge < -0.3 is 15.5 Å². The Morgan fingerprint density at radius 3 is 2.44 bits per heavy atom. The predicted octanol–water partition coefficient (Wildman–Crippen LogP) is 1.10. The first-order valence-corrected chi connectivity index (χ1v) is 6.14. The third-order valence-electron chi connectivity index (χ3n) is 2.35. The van der Waals surface area contributed by atoms with Gasteiger partial charge >= 0.3 is 11.9 Å². The van der Waals surface area contributed by atoms with Crippen molar-refractivity contribution in [2.45, 2.75) is 25.8 Å². The Morgan fingerprint density at radius 1 is 1.33 bits per heavy atom. The molecule has 0 bridgehead atoms. The maximum absolute atomic E-state index is 11.8. The van der Waals surface area contributed by atoms with Gasteiger partial charge in [0.2, 0.25) is 0 Å². The van der Waals surface area contributed by atoms with Crippen molar-refractivity contribution in [2.75, 3.05) is 0 Å². The largest absolute Gasteiger partial charge is 0.481 e. The van der Waals surface area contributed by atoms with Crippen molar-refractivity contribution in [3.05, 3.63) is 21.9 Å². The van der Waals surface area contributed by atoms with E-state index in [1.54, 1.807) is 17.7 Å². The van der Waals surface area contributed by atoms with Crippen molar-refractivity contribution < 1.29 is 24.6 Å². The van der Waals surface area contributed by atoms with Crippen LogP contribution in [0, 0.1) is 6.92 Å². The van der Waals surface area contributed by atoms with Crippen LogP contribution in [0.15, 0.2) is 10.8 Å². The molecule has 0 unspecified atom stereocenters. The molecule has 0 fully saturated rings. The first-order chi connectivity index (χ1) is 8.41. The van der Waals surface area contributed by atoms with Gasteiger partial charge in [-0.3, -0.25) is 9.59 Å². The van der Waals surface area contributed by atoms with Gasteiger partial charge in [-0.15, -0.1) is 0 Å². The van der Waals surface area contributed by atoms with E-state index in [4.69, 9.17) is 10.2 Å². The lowest BCUT2D eigenvalue weighted by molar-refractivity contribution is -0.140. The number of amides is 1. The number of nitrogens with one attached hydrogen (secondary N) is 1. The van der Waals surface area contributed by atoms with E-state index in [2.05, 4.69) is 5.32 Å². The Hall–Kier alpha value is -1.89. The fraction of sp³-hybridized carbons (Fsp3) is 0.364. The Kier molecular flexibility index (Phi) is 4.85. The summed E-state index contributed by atoms with van der Waals surface area (Å²) in [6.07, 6.45) is -0.445. The summed E-state index contributed by atoms with van der Waals surface area (Å²) in [5.41, 5.74) is 1.18. The molecule has 1 rings (SSSR count). The van der Waals surface area contributed by atoms with Crippen LogP contribution in [0.1, 0.15) is 28.8 Å². The zero-order valence-electron chi connectivity index (χ0n) is 9.67. The Morgan fingerprint density at radius 2 is 2.00 bits per heavy atom. The number of carboxylic acid groups (broad SMARTS) is 2. The van der Waals surface area contributed by atoms with Crippen LogP contribution in [0.2, 0.25) is 0 Å². The summed E-state index contributed by atoms with van der Waals surface area (Å²) in [7, 11) is 0. The number of carbonyl (C=O) groups excluding carboxylic acids is 1. The standard InChI is InChI=1S/C11H13NO5S/c1-6-4-18-5-7(6)10(15)12-8(11(16)17)2-3-9(13)14/h4-5,8H,2-3H2,1H3,(H,12,15)(H,13,14)(H,16,17)/t8-/m0/s1. The van der Waals surface area contributed by atoms with Crippen LogP contribution in [0.25, 0.3) is 0 Å². The summed E-state index contributed by atoms with van der Waals surface area (Å²) in [5, 5.41) is 23.1. The van der Waals surface area contributed by atoms with Gasteiger partial charge in [-0.2, -0.15) is 11.3 Å². The molecule has 6 nitrogen and oxygen atoms in total. The Balaban J connectivity index is 2.67. The van der Waals surface area contributed by atoms with E-state index in [-0.39, 0.29) is 12.8 Å². The van der Waals surface area contributed by atoms with Gasteiger partial charge in [0.1, 0.15) is 6.04 Å². The minimum absolute atomic E-state index is 0.139. The highest BCUT2D eigenvalue weighted by molar-refractivity contribution is 7.08. The molecule has 1 amide bonds. The molecule has 1 aromatic heterocycles. The lowest BCUT2D eigenvalue weighted by Gasteiger charge is -2.13. The summed E-state index contributed by atoms with van der Waals surface area (Å²) >= 11 is 1.35. The minimum Gasteiger partial charge on any atom is -0.481 e. The molecular weight excluding hydrogens is 258 g/mol. The molecule has 1 aromatic rings. The van der Waals surface area contributed by atoms with Crippen LogP contribution in [0.5, 0.6) is 0 Å². The van der Waals surface area contributed by atoms with E-state index >= 15 is 0 Å². The second-order valence-corrected chi connectivity index (χ2v) is 4.51. The monoisotopic (exact) mass is 271 g/mol. The molecule has 3 N–H and O–H groups in total. The van der Waals surface area contributed by atoms with Crippen molar-refractivity contribution in [2.24, 2.45) is 0 Å². The van der Waals surface area contributed by atoms with E-state index in [1.807, 2.05) is 0 Å². The van der Waals surface area contributed by atoms with Crippen molar-refractivity contribution in [1.29, 1.82) is 0 Å². The fourth-order valence-corrected chi connectivity index (χ4v) is 2.18. The molecule has 0 radical (unpaired) electrons. The molecule has 0 aliphatic heterocycles. The Labute approximate surface area is 107 Å². The Bertz CT molecular complexity index is 468. The number of carbonyl (C=O) groups is 3. The minimum atomic E-state index is -1.24. The molecule has 18 heavy (non-hydrogen) atoms. The summed E-state index contributed by atoms with van der Waals surface area (Å²) in [4.78, 5) is 33.1. The van der Waals surface area contributed by atoms with Crippen LogP contribution in [0.3, 0.4) is 0 Å². The molecular formula is C11H13NO5S. The van der Waals surface area contributed by atoms with Crippen molar-refractivity contribution in [3.8, 4) is 0 Å². The highest BCUT2D eigenvalue weighted by Gasteiger charge is 2.22. The van der Waals surface area contributed by atoms with Crippen molar-refractivity contribution in [1.82, 2.24) is 5.32 Å². The third-order valence-corrected chi connectivity index (χ3v) is 3.21. The van der Waals surface area contributed by atoms with Gasteiger partial charge in [0.05, 0.1) is 5.56 Å². The van der Waals surface area contributed by atoms with Gasteiger partial charge in [-0.25, -0.2) is 4.79 Å². The lowest BCUT2D eigenvalue weighted by Crippen LogP contribution is -2.41. The van der Waals surface area contributed by atoms with Crippen LogP contribution >= 0.6 is 11.3 Å². The molecule has 1 heterocycles. The highest BCUT2D eigenvalue weighted by atomic mass is 32.1. The second-order valence-electron chi connectivity index (χ2n) is 3.77. The number of thiophene rings is 1. The van der Waals surface area contributed by atoms with E-state index in [0.29, 0.717) is 5.56 Å². The van der Waals surface area contributed by atoms with E-state index in [1.165, 1.54) is 11.3 Å². The van der Waals surface area contributed by atoms with Gasteiger partial charge in [-0.1, -0.05) is 0 Å². The summed E-state index contributed by atoms with van der Waals surface area (Å²) in [6, 6.07) is -1.19. The summed E-state index contributed by atoms with van der Waals surface area (Å²) in [5.74, 6) is -2.83. The molecule has 7 heteroatoms. The molecule has 0 saturated heterocycles. The average Bonchev–Trinajstić information content (AvgIpc) is 2.69. The molecule has 98 valence electrons. The predicted molar refractivity (Wildman–Crippen MR) is 64.8 cm³/mol. The van der Waals surface area contributed by atoms with Crippen molar-refractivity contribution in [3.63, 3.8) is 0 Å². The van der Waals surface area contributed by atoms with Gasteiger partial charge in [0, 0.05) is 11.8 Å². The number of carboxylic acids is 2. The number of hydrogen-bond donors (Lipinski definition) is 3. The average molecular weight is 271 g/mol. The maximum Gasteiger partial charge on any atom is 0.326 e. The number of rotatable bonds is 6. The van der Waals surface area contributed by atoms with Gasteiger partial charge in [-0.05, 0) is 24.3 Å². The second kappa shape index (κ2) is 6.15. The third kappa shape index (κ3) is 3.85. The fourth-order valence-electron chi connectivity index (χ4n) is 1.35. The molecule has 0 aliphatic carbocycles. The van der Waals surface area contributed by atoms with Crippen LogP contribution in [-0.4, -0.2) is 34.1 Å². The first-order valence-electron chi connectivity index (χ1n) is 5.20. The number of hydrogen-bond acceptors (Lipinski definition) is 4. The molecule has 0 aliphatic rings. The highest BCUT2D eigenvalue weighted by Crippen LogP contribution is 2.13. The molecule has 0 spiro atoms. The van der Waals surface area contributed by atoms with Gasteiger partial charge in [0.15, 0.2) is 0 Å². The number of aliphatic carboxylic acids is 2. The topological polar surface area (TPSA) is 104 Å². The van der Waals surface area contributed by atoms with Crippen molar-refractivity contribution >= 4 is 29.2 Å². The van der Waals surface area contributed by atoms with Crippen LogP contribution < -0.4 is 5.32 Å². The zero-order valence-corrected chi connectivity index (χ0v) is 10.5. The van der Waals surface area contributed by atoms with E-state index in [0.717, 1.165) is 5.56 Å². The van der Waals surface area contributed by atoms with E-state index < -0.39 is 23.9 Å². The van der Waals surface area contributed by atoms with Crippen LogP contribution in [0.4, 0.5) is 0 Å².